The second kappa shape index (κ2) is 9.58. The lowest BCUT2D eigenvalue weighted by Crippen LogP contribution is -2.36. The minimum absolute atomic E-state index is 0.00224. The molecule has 4 rings (SSSR count). The number of hydrogen-bond donors (Lipinski definition) is 1. The molecule has 34 heavy (non-hydrogen) atoms. The highest BCUT2D eigenvalue weighted by Crippen LogP contribution is 2.41. The van der Waals surface area contributed by atoms with Crippen molar-refractivity contribution >= 4 is 17.4 Å². The van der Waals surface area contributed by atoms with Gasteiger partial charge in [-0.1, -0.05) is 26.0 Å². The minimum atomic E-state index is -0.839. The maximum absolute atomic E-state index is 13.7. The molecule has 2 aliphatic heterocycles. The zero-order chi connectivity index (χ0) is 24.6. The summed E-state index contributed by atoms with van der Waals surface area (Å²) < 4.78 is 24.9. The van der Waals surface area contributed by atoms with Gasteiger partial charge in [0.05, 0.1) is 24.8 Å². The van der Waals surface area contributed by atoms with Crippen molar-refractivity contribution < 1.29 is 28.6 Å². The number of hydrogen-bond acceptors (Lipinski definition) is 5. The summed E-state index contributed by atoms with van der Waals surface area (Å²) in [6.07, 6.45) is 1.49. The van der Waals surface area contributed by atoms with E-state index < -0.39 is 23.5 Å². The Balaban J connectivity index is 1.88. The maximum Gasteiger partial charge on any atom is 0.295 e. The molecule has 2 atom stereocenters. The molecule has 0 aliphatic carbocycles. The van der Waals surface area contributed by atoms with Crippen molar-refractivity contribution in [1.29, 1.82) is 0 Å². The topological polar surface area (TPSA) is 76.1 Å². The smallest absolute Gasteiger partial charge is 0.295 e. The lowest BCUT2D eigenvalue weighted by molar-refractivity contribution is -0.140. The summed E-state index contributed by atoms with van der Waals surface area (Å²) in [5.74, 6) is -1.32. The third kappa shape index (κ3) is 4.32. The van der Waals surface area contributed by atoms with Crippen LogP contribution in [0.3, 0.4) is 0 Å². The molecule has 2 aromatic carbocycles. The van der Waals surface area contributed by atoms with E-state index in [9.17, 15) is 19.1 Å². The number of amides is 1. The zero-order valence-corrected chi connectivity index (χ0v) is 19.9. The van der Waals surface area contributed by atoms with Gasteiger partial charge in [0.1, 0.15) is 17.3 Å². The van der Waals surface area contributed by atoms with E-state index in [1.165, 1.54) is 17.0 Å². The number of halogens is 1. The lowest BCUT2D eigenvalue weighted by atomic mass is 9.91. The van der Waals surface area contributed by atoms with Gasteiger partial charge in [0.15, 0.2) is 0 Å². The van der Waals surface area contributed by atoms with Gasteiger partial charge < -0.3 is 19.5 Å². The predicted molar refractivity (Wildman–Crippen MR) is 126 cm³/mol. The molecule has 0 saturated carbocycles. The van der Waals surface area contributed by atoms with E-state index in [-0.39, 0.29) is 29.9 Å². The van der Waals surface area contributed by atoms with Crippen LogP contribution in [0.15, 0.2) is 42.0 Å². The fourth-order valence-electron chi connectivity index (χ4n) is 4.79. The average molecular weight is 468 g/mol. The Bertz CT molecular complexity index is 1130. The van der Waals surface area contributed by atoms with Gasteiger partial charge in [0.25, 0.3) is 11.7 Å². The first-order valence-corrected chi connectivity index (χ1v) is 11.6. The van der Waals surface area contributed by atoms with Gasteiger partial charge in [-0.2, -0.15) is 0 Å². The molecule has 0 spiro atoms. The molecule has 2 aromatic rings. The zero-order valence-electron chi connectivity index (χ0n) is 19.9. The Morgan fingerprint density at radius 2 is 1.94 bits per heavy atom. The fourth-order valence-corrected chi connectivity index (χ4v) is 4.79. The Morgan fingerprint density at radius 3 is 2.53 bits per heavy atom. The number of nitrogens with zero attached hydrogens (tertiary/aromatic N) is 1. The molecule has 2 saturated heterocycles. The SMILES string of the molecule is COc1cc(C)c(/C(O)=C2\C(=O)C(=O)N(CC3CCCO3)C2c2ccc(F)cc2)cc1C(C)C. The van der Waals surface area contributed by atoms with E-state index in [0.717, 1.165) is 18.4 Å². The van der Waals surface area contributed by atoms with E-state index in [1.54, 1.807) is 19.2 Å². The van der Waals surface area contributed by atoms with Gasteiger partial charge in [0.2, 0.25) is 0 Å². The quantitative estimate of drug-likeness (QED) is 0.373. The van der Waals surface area contributed by atoms with Crippen LogP contribution in [0.4, 0.5) is 4.39 Å². The normalized spacial score (nSPS) is 22.1. The van der Waals surface area contributed by atoms with Crippen molar-refractivity contribution in [3.63, 3.8) is 0 Å². The number of aliphatic hydroxyl groups excluding tert-OH is 1. The third-order valence-corrected chi connectivity index (χ3v) is 6.60. The number of ketones is 1. The van der Waals surface area contributed by atoms with Crippen LogP contribution in [0.1, 0.15) is 60.9 Å². The minimum Gasteiger partial charge on any atom is -0.507 e. The molecule has 2 aliphatic rings. The van der Waals surface area contributed by atoms with E-state index in [4.69, 9.17) is 9.47 Å². The number of likely N-dealkylation sites (tertiary alicyclic amines) is 1. The molecule has 1 amide bonds. The molecule has 1 N–H and O–H groups in total. The van der Waals surface area contributed by atoms with Crippen molar-refractivity contribution in [1.82, 2.24) is 4.90 Å². The number of Topliss-reactive ketones (excluding diaryl/α,β-unsaturated/α-hetero) is 1. The molecule has 7 heteroatoms. The van der Waals surface area contributed by atoms with Crippen LogP contribution < -0.4 is 4.74 Å². The summed E-state index contributed by atoms with van der Waals surface area (Å²) in [5.41, 5.74) is 2.60. The summed E-state index contributed by atoms with van der Waals surface area (Å²) in [5, 5.41) is 11.5. The summed E-state index contributed by atoms with van der Waals surface area (Å²) in [6.45, 7) is 6.67. The van der Waals surface area contributed by atoms with E-state index in [0.29, 0.717) is 29.0 Å². The molecule has 6 nitrogen and oxygen atoms in total. The van der Waals surface area contributed by atoms with Crippen molar-refractivity contribution in [3.8, 4) is 5.75 Å². The van der Waals surface area contributed by atoms with Gasteiger partial charge >= 0.3 is 0 Å². The van der Waals surface area contributed by atoms with Gasteiger partial charge in [-0.05, 0) is 66.6 Å². The summed E-state index contributed by atoms with van der Waals surface area (Å²) in [4.78, 5) is 27.8. The van der Waals surface area contributed by atoms with E-state index >= 15 is 0 Å². The van der Waals surface area contributed by atoms with Gasteiger partial charge in [-0.25, -0.2) is 4.39 Å². The Hall–Kier alpha value is -3.19. The van der Waals surface area contributed by atoms with Crippen molar-refractivity contribution in [2.45, 2.75) is 51.7 Å². The number of carbonyl (C=O) groups excluding carboxylic acids is 2. The first kappa shape index (κ1) is 24.0. The molecule has 0 aromatic heterocycles. The molecule has 2 fully saturated rings. The number of rotatable bonds is 6. The fraction of sp³-hybridized carbons (Fsp3) is 0.407. The monoisotopic (exact) mass is 467 g/mol. The van der Waals surface area contributed by atoms with Gasteiger partial charge in [-0.15, -0.1) is 0 Å². The predicted octanol–water partition coefficient (Wildman–Crippen LogP) is 4.87. The maximum atomic E-state index is 13.7. The van der Waals surface area contributed by atoms with Crippen LogP contribution in [0.2, 0.25) is 0 Å². The second-order valence-electron chi connectivity index (χ2n) is 9.20. The molecule has 2 unspecified atom stereocenters. The molecular weight excluding hydrogens is 437 g/mol. The highest BCUT2D eigenvalue weighted by Gasteiger charge is 2.47. The molecule has 0 radical (unpaired) electrons. The number of aliphatic hydroxyl groups is 1. The highest BCUT2D eigenvalue weighted by molar-refractivity contribution is 6.46. The Kier molecular flexibility index (Phi) is 6.75. The van der Waals surface area contributed by atoms with Crippen LogP contribution >= 0.6 is 0 Å². The number of aryl methyl sites for hydroxylation is 1. The molecular formula is C27H30FNO5. The number of benzene rings is 2. The second-order valence-corrected chi connectivity index (χ2v) is 9.20. The number of ether oxygens (including phenoxy) is 2. The summed E-state index contributed by atoms with van der Waals surface area (Å²) in [7, 11) is 1.59. The highest BCUT2D eigenvalue weighted by atomic mass is 19.1. The standard InChI is InChI=1S/C27H30FNO5/c1-15(2)20-13-21(16(3)12-22(20)33-4)25(30)23-24(17-7-9-18(28)10-8-17)29(27(32)26(23)31)14-19-6-5-11-34-19/h7-10,12-13,15,19,24,30H,5-6,11,14H2,1-4H3/b25-23+. The van der Waals surface area contributed by atoms with Gasteiger partial charge in [-0.3, -0.25) is 9.59 Å². The summed E-state index contributed by atoms with van der Waals surface area (Å²) in [6, 6.07) is 8.45. The lowest BCUT2D eigenvalue weighted by Gasteiger charge is -2.27. The van der Waals surface area contributed by atoms with Crippen LogP contribution in [0, 0.1) is 12.7 Å². The number of methoxy groups -OCH3 is 1. The van der Waals surface area contributed by atoms with Crippen LogP contribution in [0.25, 0.3) is 5.76 Å². The van der Waals surface area contributed by atoms with Crippen LogP contribution in [0.5, 0.6) is 5.75 Å². The number of carbonyl (C=O) groups is 2. The van der Waals surface area contributed by atoms with E-state index in [2.05, 4.69) is 0 Å². The van der Waals surface area contributed by atoms with Crippen LogP contribution in [-0.2, 0) is 14.3 Å². The molecule has 2 heterocycles. The van der Waals surface area contributed by atoms with E-state index in [1.807, 2.05) is 32.9 Å². The van der Waals surface area contributed by atoms with Crippen molar-refractivity contribution in [2.75, 3.05) is 20.3 Å². The van der Waals surface area contributed by atoms with Crippen molar-refractivity contribution in [3.05, 3.63) is 70.0 Å². The first-order chi connectivity index (χ1) is 16.2. The largest absolute Gasteiger partial charge is 0.507 e. The van der Waals surface area contributed by atoms with Gasteiger partial charge in [0, 0.05) is 18.7 Å². The first-order valence-electron chi connectivity index (χ1n) is 11.6. The summed E-state index contributed by atoms with van der Waals surface area (Å²) >= 11 is 0. The van der Waals surface area contributed by atoms with Crippen molar-refractivity contribution in [2.24, 2.45) is 0 Å². The molecule has 0 bridgehead atoms. The Labute approximate surface area is 199 Å². The third-order valence-electron chi connectivity index (χ3n) is 6.60. The van der Waals surface area contributed by atoms with Crippen LogP contribution in [-0.4, -0.2) is 48.1 Å². The molecule has 180 valence electrons. The Morgan fingerprint density at radius 1 is 1.24 bits per heavy atom. The average Bonchev–Trinajstić information content (AvgIpc) is 3.41.